The zero-order valence-corrected chi connectivity index (χ0v) is 14.3. The molecule has 0 bridgehead atoms. The summed E-state index contributed by atoms with van der Waals surface area (Å²) in [6.45, 7) is 0.824. The Balaban J connectivity index is 1.74. The lowest BCUT2D eigenvalue weighted by atomic mass is 9.77. The van der Waals surface area contributed by atoms with Crippen LogP contribution >= 0.6 is 35.0 Å². The van der Waals surface area contributed by atoms with Crippen LogP contribution in [0.3, 0.4) is 0 Å². The maximum Gasteiger partial charge on any atom is 0.0701 e. The molecule has 2 saturated heterocycles. The second-order valence-electron chi connectivity index (χ2n) is 6.10. The molecule has 116 valence electrons. The summed E-state index contributed by atoms with van der Waals surface area (Å²) in [7, 11) is 0. The first-order chi connectivity index (χ1) is 10.1. The van der Waals surface area contributed by atoms with Crippen molar-refractivity contribution < 1.29 is 4.74 Å². The number of rotatable bonds is 2. The number of halogens is 2. The first kappa shape index (κ1) is 15.9. The van der Waals surface area contributed by atoms with E-state index in [1.165, 1.54) is 11.5 Å². The maximum atomic E-state index is 6.52. The van der Waals surface area contributed by atoms with E-state index < -0.39 is 0 Å². The third-order valence-corrected chi connectivity index (χ3v) is 6.50. The largest absolute Gasteiger partial charge is 0.375 e. The fraction of sp³-hybridized carbons (Fsp3) is 0.625. The fourth-order valence-electron chi connectivity index (χ4n) is 3.46. The molecule has 2 fully saturated rings. The highest BCUT2D eigenvalue weighted by Crippen LogP contribution is 2.43. The van der Waals surface area contributed by atoms with E-state index in [4.69, 9.17) is 33.7 Å². The molecule has 5 heteroatoms. The molecule has 1 spiro atoms. The van der Waals surface area contributed by atoms with Crippen molar-refractivity contribution in [3.05, 3.63) is 33.8 Å². The average molecular weight is 346 g/mol. The van der Waals surface area contributed by atoms with Gasteiger partial charge in [0, 0.05) is 12.6 Å². The second-order valence-corrected chi connectivity index (χ2v) is 8.14. The number of benzene rings is 1. The van der Waals surface area contributed by atoms with Gasteiger partial charge < -0.3 is 10.5 Å². The van der Waals surface area contributed by atoms with Crippen LogP contribution in [0, 0.1) is 5.92 Å². The van der Waals surface area contributed by atoms with E-state index in [0.29, 0.717) is 16.0 Å². The van der Waals surface area contributed by atoms with Gasteiger partial charge in [0.25, 0.3) is 0 Å². The van der Waals surface area contributed by atoms with Gasteiger partial charge in [-0.2, -0.15) is 11.8 Å². The third kappa shape index (κ3) is 3.53. The van der Waals surface area contributed by atoms with Gasteiger partial charge in [0.05, 0.1) is 15.6 Å². The zero-order chi connectivity index (χ0) is 14.9. The normalized spacial score (nSPS) is 26.7. The van der Waals surface area contributed by atoms with E-state index in [0.717, 1.165) is 37.9 Å². The van der Waals surface area contributed by atoms with E-state index in [1.54, 1.807) is 0 Å². The molecule has 2 nitrogen and oxygen atoms in total. The standard InChI is InChI=1S/C16H21Cl2NOS/c17-13-2-1-11(9-14(13)18)15(19)12-3-6-20-16(10-12)4-7-21-8-5-16/h1-2,9,12,15H,3-8,10,19H2. The van der Waals surface area contributed by atoms with Gasteiger partial charge in [-0.25, -0.2) is 0 Å². The van der Waals surface area contributed by atoms with Crippen LogP contribution in [-0.2, 0) is 4.74 Å². The van der Waals surface area contributed by atoms with Crippen molar-refractivity contribution in [2.45, 2.75) is 37.3 Å². The summed E-state index contributed by atoms with van der Waals surface area (Å²) in [6, 6.07) is 5.76. The Morgan fingerprint density at radius 1 is 1.24 bits per heavy atom. The third-order valence-electron chi connectivity index (χ3n) is 4.77. The Morgan fingerprint density at radius 3 is 2.71 bits per heavy atom. The van der Waals surface area contributed by atoms with Crippen LogP contribution in [0.1, 0.15) is 37.3 Å². The lowest BCUT2D eigenvalue weighted by Gasteiger charge is -2.44. The molecular weight excluding hydrogens is 325 g/mol. The van der Waals surface area contributed by atoms with Crippen LogP contribution in [0.4, 0.5) is 0 Å². The fourth-order valence-corrected chi connectivity index (χ4v) is 5.00. The molecule has 0 amide bonds. The highest BCUT2D eigenvalue weighted by molar-refractivity contribution is 7.99. The summed E-state index contributed by atoms with van der Waals surface area (Å²) in [5.41, 5.74) is 7.67. The molecule has 2 atom stereocenters. The quantitative estimate of drug-likeness (QED) is 0.844. The molecule has 0 radical (unpaired) electrons. The number of thioether (sulfide) groups is 1. The smallest absolute Gasteiger partial charge is 0.0701 e. The van der Waals surface area contributed by atoms with Gasteiger partial charge in [0.2, 0.25) is 0 Å². The molecule has 2 aliphatic rings. The molecule has 2 unspecified atom stereocenters. The SMILES string of the molecule is NC(c1ccc(Cl)c(Cl)c1)C1CCOC2(CCSCC2)C1. The summed E-state index contributed by atoms with van der Waals surface area (Å²) in [6.07, 6.45) is 4.40. The van der Waals surface area contributed by atoms with Gasteiger partial charge in [-0.05, 0) is 60.8 Å². The van der Waals surface area contributed by atoms with Crippen LogP contribution < -0.4 is 5.73 Å². The van der Waals surface area contributed by atoms with Gasteiger partial charge in [0.15, 0.2) is 0 Å². The predicted molar refractivity (Wildman–Crippen MR) is 91.4 cm³/mol. The summed E-state index contributed by atoms with van der Waals surface area (Å²) < 4.78 is 6.15. The highest BCUT2D eigenvalue weighted by atomic mass is 35.5. The van der Waals surface area contributed by atoms with Gasteiger partial charge in [-0.1, -0.05) is 29.3 Å². The van der Waals surface area contributed by atoms with Crippen molar-refractivity contribution in [3.8, 4) is 0 Å². The van der Waals surface area contributed by atoms with Crippen molar-refractivity contribution in [2.75, 3.05) is 18.1 Å². The average Bonchev–Trinajstić information content (AvgIpc) is 2.50. The van der Waals surface area contributed by atoms with E-state index >= 15 is 0 Å². The Labute approximate surface area is 140 Å². The van der Waals surface area contributed by atoms with Crippen molar-refractivity contribution >= 4 is 35.0 Å². The summed E-state index contributed by atoms with van der Waals surface area (Å²) in [5.74, 6) is 2.86. The van der Waals surface area contributed by atoms with Gasteiger partial charge in [-0.3, -0.25) is 0 Å². The second kappa shape index (κ2) is 6.67. The summed E-state index contributed by atoms with van der Waals surface area (Å²) in [5, 5.41) is 1.17. The van der Waals surface area contributed by atoms with Gasteiger partial charge in [-0.15, -0.1) is 0 Å². The molecule has 1 aromatic carbocycles. The first-order valence-electron chi connectivity index (χ1n) is 7.52. The minimum Gasteiger partial charge on any atom is -0.375 e. The lowest BCUT2D eigenvalue weighted by molar-refractivity contribution is -0.105. The van der Waals surface area contributed by atoms with E-state index in [-0.39, 0.29) is 11.6 Å². The van der Waals surface area contributed by atoms with Crippen LogP contribution in [0.25, 0.3) is 0 Å². The van der Waals surface area contributed by atoms with Gasteiger partial charge in [0.1, 0.15) is 0 Å². The number of hydrogen-bond donors (Lipinski definition) is 1. The van der Waals surface area contributed by atoms with Crippen LogP contribution in [-0.4, -0.2) is 23.7 Å². The minimum atomic E-state index is 0.00937. The van der Waals surface area contributed by atoms with Crippen molar-refractivity contribution in [3.63, 3.8) is 0 Å². The van der Waals surface area contributed by atoms with E-state index in [2.05, 4.69) is 0 Å². The number of ether oxygens (including phenoxy) is 1. The molecule has 21 heavy (non-hydrogen) atoms. The molecular formula is C16H21Cl2NOS. The molecule has 0 saturated carbocycles. The van der Waals surface area contributed by atoms with Crippen molar-refractivity contribution in [2.24, 2.45) is 11.7 Å². The van der Waals surface area contributed by atoms with Crippen LogP contribution in [0.5, 0.6) is 0 Å². The predicted octanol–water partition coefficient (Wildman–Crippen LogP) is 4.69. The molecule has 2 aliphatic heterocycles. The molecule has 2 N–H and O–H groups in total. The minimum absolute atomic E-state index is 0.00937. The van der Waals surface area contributed by atoms with Crippen molar-refractivity contribution in [1.29, 1.82) is 0 Å². The number of hydrogen-bond acceptors (Lipinski definition) is 3. The Hall–Kier alpha value is 0.0700. The molecule has 2 heterocycles. The zero-order valence-electron chi connectivity index (χ0n) is 12.0. The lowest BCUT2D eigenvalue weighted by Crippen LogP contribution is -2.45. The highest BCUT2D eigenvalue weighted by Gasteiger charge is 2.40. The first-order valence-corrected chi connectivity index (χ1v) is 9.43. The van der Waals surface area contributed by atoms with Crippen LogP contribution in [0.2, 0.25) is 10.0 Å². The molecule has 3 rings (SSSR count). The van der Waals surface area contributed by atoms with Crippen LogP contribution in [0.15, 0.2) is 18.2 Å². The summed E-state index contributed by atoms with van der Waals surface area (Å²) in [4.78, 5) is 0. The Kier molecular flexibility index (Phi) is 5.07. The Bertz CT molecular complexity index is 500. The molecule has 1 aromatic rings. The maximum absolute atomic E-state index is 6.52. The summed E-state index contributed by atoms with van der Waals surface area (Å²) >= 11 is 14.1. The topological polar surface area (TPSA) is 35.2 Å². The molecule has 0 aliphatic carbocycles. The molecule has 0 aromatic heterocycles. The monoisotopic (exact) mass is 345 g/mol. The number of nitrogens with two attached hydrogens (primary N) is 1. The van der Waals surface area contributed by atoms with E-state index in [1.807, 2.05) is 30.0 Å². The van der Waals surface area contributed by atoms with Gasteiger partial charge >= 0.3 is 0 Å². The Morgan fingerprint density at radius 2 is 2.00 bits per heavy atom. The van der Waals surface area contributed by atoms with E-state index in [9.17, 15) is 0 Å². The van der Waals surface area contributed by atoms with Crippen molar-refractivity contribution in [1.82, 2.24) is 0 Å².